The van der Waals surface area contributed by atoms with Crippen molar-refractivity contribution in [3.8, 4) is 0 Å². The van der Waals surface area contributed by atoms with Gasteiger partial charge in [0.1, 0.15) is 6.04 Å². The van der Waals surface area contributed by atoms with Crippen LogP contribution in [0.5, 0.6) is 0 Å². The van der Waals surface area contributed by atoms with E-state index in [0.717, 1.165) is 16.5 Å². The Bertz CT molecular complexity index is 823. The van der Waals surface area contributed by atoms with E-state index in [0.29, 0.717) is 19.3 Å². The standard InChI is InChI=1S/C20H27N3O4/c1-4-20(5-2,19(26)27)12-22-18(25)17(23-13(3)24)10-14-11-21-16-9-7-6-8-15(14)16/h6-9,11,17,21H,4-5,10,12H2,1-3H3,(H,22,25)(H,23,24)(H,26,27). The predicted octanol–water partition coefficient (Wildman–Crippen LogP) is 2.22. The summed E-state index contributed by atoms with van der Waals surface area (Å²) in [7, 11) is 0. The predicted molar refractivity (Wildman–Crippen MR) is 103 cm³/mol. The van der Waals surface area contributed by atoms with E-state index in [1.807, 2.05) is 30.5 Å². The molecule has 4 N–H and O–H groups in total. The fraction of sp³-hybridized carbons (Fsp3) is 0.450. The number of aromatic nitrogens is 1. The lowest BCUT2D eigenvalue weighted by molar-refractivity contribution is -0.149. The molecule has 2 aromatic rings. The van der Waals surface area contributed by atoms with Crippen LogP contribution >= 0.6 is 0 Å². The topological polar surface area (TPSA) is 111 Å². The number of aliphatic carboxylic acids is 1. The van der Waals surface area contributed by atoms with Crippen molar-refractivity contribution in [1.82, 2.24) is 15.6 Å². The number of nitrogens with one attached hydrogen (secondary N) is 3. The highest BCUT2D eigenvalue weighted by Crippen LogP contribution is 2.26. The van der Waals surface area contributed by atoms with Crippen LogP contribution in [-0.4, -0.2) is 40.5 Å². The van der Waals surface area contributed by atoms with Crippen molar-refractivity contribution in [2.45, 2.75) is 46.1 Å². The van der Waals surface area contributed by atoms with Gasteiger partial charge in [0.2, 0.25) is 11.8 Å². The van der Waals surface area contributed by atoms with E-state index in [2.05, 4.69) is 15.6 Å². The first kappa shape index (κ1) is 20.5. The van der Waals surface area contributed by atoms with Crippen molar-refractivity contribution in [3.05, 3.63) is 36.0 Å². The Morgan fingerprint density at radius 1 is 1.19 bits per heavy atom. The van der Waals surface area contributed by atoms with Crippen molar-refractivity contribution in [1.29, 1.82) is 0 Å². The molecule has 0 aliphatic carbocycles. The van der Waals surface area contributed by atoms with Gasteiger partial charge >= 0.3 is 5.97 Å². The fourth-order valence-corrected chi connectivity index (χ4v) is 3.23. The number of para-hydroxylation sites is 1. The minimum Gasteiger partial charge on any atom is -0.481 e. The zero-order chi connectivity index (χ0) is 20.0. The lowest BCUT2D eigenvalue weighted by Gasteiger charge is -2.28. The molecule has 1 unspecified atom stereocenters. The van der Waals surface area contributed by atoms with Gasteiger partial charge in [-0.15, -0.1) is 0 Å². The zero-order valence-electron chi connectivity index (χ0n) is 16.0. The van der Waals surface area contributed by atoms with E-state index in [4.69, 9.17) is 0 Å². The molecule has 0 saturated carbocycles. The molecule has 0 aliphatic rings. The van der Waals surface area contributed by atoms with Gasteiger partial charge in [-0.2, -0.15) is 0 Å². The second kappa shape index (κ2) is 8.70. The third-order valence-electron chi connectivity index (χ3n) is 5.20. The number of carboxylic acid groups (broad SMARTS) is 1. The summed E-state index contributed by atoms with van der Waals surface area (Å²) in [5.41, 5.74) is 0.864. The largest absolute Gasteiger partial charge is 0.481 e. The number of H-pyrrole nitrogens is 1. The average Bonchev–Trinajstić information content (AvgIpc) is 3.04. The third kappa shape index (κ3) is 4.67. The number of benzene rings is 1. The van der Waals surface area contributed by atoms with Crippen LogP contribution in [0.3, 0.4) is 0 Å². The highest BCUT2D eigenvalue weighted by molar-refractivity contribution is 5.89. The molecule has 27 heavy (non-hydrogen) atoms. The molecular formula is C20H27N3O4. The molecule has 7 nitrogen and oxygen atoms in total. The van der Waals surface area contributed by atoms with Gasteiger partial charge in [0.05, 0.1) is 5.41 Å². The number of aromatic amines is 1. The molecule has 0 radical (unpaired) electrons. The van der Waals surface area contributed by atoms with Crippen molar-refractivity contribution < 1.29 is 19.5 Å². The molecule has 146 valence electrons. The summed E-state index contributed by atoms with van der Waals surface area (Å²) in [6.07, 6.45) is 2.96. The molecule has 2 amide bonds. The summed E-state index contributed by atoms with van der Waals surface area (Å²) in [4.78, 5) is 39.1. The quantitative estimate of drug-likeness (QED) is 0.540. The van der Waals surface area contributed by atoms with E-state index in [1.54, 1.807) is 13.8 Å². The van der Waals surface area contributed by atoms with Crippen molar-refractivity contribution >= 4 is 28.7 Å². The summed E-state index contributed by atoms with van der Waals surface area (Å²) in [6, 6.07) is 6.95. The van der Waals surface area contributed by atoms with E-state index in [1.165, 1.54) is 6.92 Å². The van der Waals surface area contributed by atoms with Gasteiger partial charge in [-0.05, 0) is 24.5 Å². The Labute approximate surface area is 158 Å². The molecule has 0 fully saturated rings. The Kier molecular flexibility index (Phi) is 6.60. The highest BCUT2D eigenvalue weighted by atomic mass is 16.4. The van der Waals surface area contributed by atoms with Crippen LogP contribution < -0.4 is 10.6 Å². The van der Waals surface area contributed by atoms with Crippen LogP contribution in [0.1, 0.15) is 39.2 Å². The van der Waals surface area contributed by atoms with Crippen LogP contribution in [0.2, 0.25) is 0 Å². The summed E-state index contributed by atoms with van der Waals surface area (Å²) in [5.74, 6) is -1.63. The van der Waals surface area contributed by atoms with Crippen molar-refractivity contribution in [2.75, 3.05) is 6.54 Å². The maximum absolute atomic E-state index is 12.7. The summed E-state index contributed by atoms with van der Waals surface area (Å²) < 4.78 is 0. The van der Waals surface area contributed by atoms with Gasteiger partial charge in [0.15, 0.2) is 0 Å². The maximum Gasteiger partial charge on any atom is 0.311 e. The minimum atomic E-state index is -1.00. The molecule has 1 aromatic carbocycles. The Morgan fingerprint density at radius 3 is 2.44 bits per heavy atom. The smallest absolute Gasteiger partial charge is 0.311 e. The number of carbonyl (C=O) groups excluding carboxylic acids is 2. The molecule has 1 aromatic heterocycles. The highest BCUT2D eigenvalue weighted by Gasteiger charge is 2.36. The maximum atomic E-state index is 12.7. The molecule has 1 atom stereocenters. The van der Waals surface area contributed by atoms with Gasteiger partial charge in [-0.1, -0.05) is 32.0 Å². The van der Waals surface area contributed by atoms with Crippen LogP contribution in [0.25, 0.3) is 10.9 Å². The number of rotatable bonds is 9. The number of fused-ring (bicyclic) bond motifs is 1. The van der Waals surface area contributed by atoms with Gasteiger partial charge in [-0.25, -0.2) is 0 Å². The lowest BCUT2D eigenvalue weighted by atomic mass is 9.82. The van der Waals surface area contributed by atoms with Crippen LogP contribution in [0.4, 0.5) is 0 Å². The van der Waals surface area contributed by atoms with E-state index in [-0.39, 0.29) is 18.4 Å². The summed E-state index contributed by atoms with van der Waals surface area (Å²) in [6.45, 7) is 4.97. The minimum absolute atomic E-state index is 0.0259. The number of amides is 2. The summed E-state index contributed by atoms with van der Waals surface area (Å²) in [5, 5.41) is 15.9. The van der Waals surface area contributed by atoms with Gasteiger partial charge in [0, 0.05) is 37.0 Å². The normalized spacial score (nSPS) is 12.6. The molecule has 0 saturated heterocycles. The van der Waals surface area contributed by atoms with Crippen molar-refractivity contribution in [2.24, 2.45) is 5.41 Å². The molecule has 7 heteroatoms. The van der Waals surface area contributed by atoms with E-state index >= 15 is 0 Å². The fourth-order valence-electron chi connectivity index (χ4n) is 3.23. The summed E-state index contributed by atoms with van der Waals surface area (Å²) >= 11 is 0. The molecule has 0 bridgehead atoms. The van der Waals surface area contributed by atoms with Gasteiger partial charge in [-0.3, -0.25) is 14.4 Å². The number of hydrogen-bond acceptors (Lipinski definition) is 3. The first-order valence-corrected chi connectivity index (χ1v) is 9.16. The molecular weight excluding hydrogens is 346 g/mol. The lowest BCUT2D eigenvalue weighted by Crippen LogP contribution is -2.51. The average molecular weight is 373 g/mol. The number of carbonyl (C=O) groups is 3. The van der Waals surface area contributed by atoms with Gasteiger partial charge in [0.25, 0.3) is 0 Å². The van der Waals surface area contributed by atoms with Crippen LogP contribution in [0, 0.1) is 5.41 Å². The molecule has 0 aliphatic heterocycles. The third-order valence-corrected chi connectivity index (χ3v) is 5.20. The van der Waals surface area contributed by atoms with Crippen LogP contribution in [-0.2, 0) is 20.8 Å². The van der Waals surface area contributed by atoms with Crippen LogP contribution in [0.15, 0.2) is 30.5 Å². The molecule has 1 heterocycles. The second-order valence-corrected chi connectivity index (χ2v) is 6.83. The Hall–Kier alpha value is -2.83. The number of hydrogen-bond donors (Lipinski definition) is 4. The monoisotopic (exact) mass is 373 g/mol. The Morgan fingerprint density at radius 2 is 1.85 bits per heavy atom. The first-order chi connectivity index (χ1) is 12.8. The van der Waals surface area contributed by atoms with E-state index in [9.17, 15) is 19.5 Å². The molecule has 0 spiro atoms. The van der Waals surface area contributed by atoms with E-state index < -0.39 is 17.4 Å². The molecule has 2 rings (SSSR count). The van der Waals surface area contributed by atoms with Crippen molar-refractivity contribution in [3.63, 3.8) is 0 Å². The first-order valence-electron chi connectivity index (χ1n) is 9.16. The SMILES string of the molecule is CCC(CC)(CNC(=O)C(Cc1c[nH]c2ccccc12)NC(C)=O)C(=O)O. The Balaban J connectivity index is 2.16. The zero-order valence-corrected chi connectivity index (χ0v) is 16.0. The second-order valence-electron chi connectivity index (χ2n) is 6.83. The number of carboxylic acids is 1. The van der Waals surface area contributed by atoms with Gasteiger partial charge < -0.3 is 20.7 Å².